The van der Waals surface area contributed by atoms with Crippen LogP contribution in [0.2, 0.25) is 0 Å². The fraction of sp³-hybridized carbons (Fsp3) is 0.286. The molecule has 90 valence electrons. The number of benzene rings is 1. The zero-order chi connectivity index (χ0) is 12.1. The molecule has 0 aliphatic heterocycles. The minimum Gasteiger partial charge on any atom is -0.366 e. The Hall–Kier alpha value is -0.800. The second-order valence-corrected chi connectivity index (χ2v) is 5.45. The Labute approximate surface area is 115 Å². The van der Waals surface area contributed by atoms with E-state index in [9.17, 15) is 0 Å². The SMILES string of the molecule is CCN(Cc1cccs1)c1ccccc1CBr. The lowest BCUT2D eigenvalue weighted by Gasteiger charge is -2.24. The molecule has 3 heteroatoms. The van der Waals surface area contributed by atoms with Gasteiger partial charge < -0.3 is 4.90 Å². The van der Waals surface area contributed by atoms with E-state index in [2.05, 4.69) is 69.5 Å². The fourth-order valence-corrected chi connectivity index (χ4v) is 3.08. The summed E-state index contributed by atoms with van der Waals surface area (Å²) in [5, 5.41) is 3.05. The van der Waals surface area contributed by atoms with Crippen molar-refractivity contribution in [2.75, 3.05) is 11.4 Å². The van der Waals surface area contributed by atoms with Gasteiger partial charge in [-0.2, -0.15) is 0 Å². The van der Waals surface area contributed by atoms with E-state index in [1.807, 2.05) is 11.3 Å². The molecule has 0 fully saturated rings. The van der Waals surface area contributed by atoms with Crippen molar-refractivity contribution in [2.45, 2.75) is 18.8 Å². The molecular weight excluding hydrogens is 294 g/mol. The first-order valence-electron chi connectivity index (χ1n) is 5.76. The Morgan fingerprint density at radius 1 is 1.18 bits per heavy atom. The zero-order valence-electron chi connectivity index (χ0n) is 9.90. The first-order chi connectivity index (χ1) is 8.35. The van der Waals surface area contributed by atoms with Gasteiger partial charge in [-0.3, -0.25) is 0 Å². The summed E-state index contributed by atoms with van der Waals surface area (Å²) in [6.07, 6.45) is 0. The van der Waals surface area contributed by atoms with Gasteiger partial charge in [0.15, 0.2) is 0 Å². The van der Waals surface area contributed by atoms with Crippen LogP contribution in [-0.4, -0.2) is 6.54 Å². The van der Waals surface area contributed by atoms with Crippen molar-refractivity contribution < 1.29 is 0 Å². The highest BCUT2D eigenvalue weighted by Crippen LogP contribution is 2.25. The maximum Gasteiger partial charge on any atom is 0.0522 e. The van der Waals surface area contributed by atoms with Crippen LogP contribution in [0.15, 0.2) is 41.8 Å². The lowest BCUT2D eigenvalue weighted by Crippen LogP contribution is -2.22. The predicted octanol–water partition coefficient (Wildman–Crippen LogP) is 4.67. The van der Waals surface area contributed by atoms with Crippen molar-refractivity contribution >= 4 is 33.0 Å². The van der Waals surface area contributed by atoms with Gasteiger partial charge in [-0.15, -0.1) is 11.3 Å². The molecule has 0 aliphatic carbocycles. The van der Waals surface area contributed by atoms with Crippen molar-refractivity contribution in [3.8, 4) is 0 Å². The quantitative estimate of drug-likeness (QED) is 0.725. The van der Waals surface area contributed by atoms with E-state index in [1.54, 1.807) is 0 Å². The Kier molecular flexibility index (Phi) is 4.63. The standard InChI is InChI=1S/C14H16BrNS/c1-2-16(11-13-7-5-9-17-13)14-8-4-3-6-12(14)10-15/h3-9H,2,10-11H2,1H3. The number of thiophene rings is 1. The average molecular weight is 310 g/mol. The van der Waals surface area contributed by atoms with E-state index < -0.39 is 0 Å². The zero-order valence-corrected chi connectivity index (χ0v) is 12.3. The second kappa shape index (κ2) is 6.22. The molecule has 0 aliphatic rings. The highest BCUT2D eigenvalue weighted by Gasteiger charge is 2.09. The molecule has 0 atom stereocenters. The topological polar surface area (TPSA) is 3.24 Å². The first kappa shape index (κ1) is 12.7. The molecule has 0 N–H and O–H groups in total. The number of rotatable bonds is 5. The van der Waals surface area contributed by atoms with Crippen molar-refractivity contribution in [3.63, 3.8) is 0 Å². The Morgan fingerprint density at radius 2 is 2.00 bits per heavy atom. The van der Waals surface area contributed by atoms with E-state index in [-0.39, 0.29) is 0 Å². The summed E-state index contributed by atoms with van der Waals surface area (Å²) in [7, 11) is 0. The molecule has 1 aromatic carbocycles. The number of alkyl halides is 1. The molecule has 0 bridgehead atoms. The third-order valence-electron chi connectivity index (χ3n) is 2.78. The number of hydrogen-bond acceptors (Lipinski definition) is 2. The van der Waals surface area contributed by atoms with Crippen LogP contribution < -0.4 is 4.90 Å². The Morgan fingerprint density at radius 3 is 2.65 bits per heavy atom. The monoisotopic (exact) mass is 309 g/mol. The normalized spacial score (nSPS) is 10.5. The third kappa shape index (κ3) is 3.11. The minimum atomic E-state index is 0.907. The van der Waals surface area contributed by atoms with Gasteiger partial charge in [-0.1, -0.05) is 40.2 Å². The lowest BCUT2D eigenvalue weighted by atomic mass is 10.2. The molecule has 2 aromatic rings. The summed E-state index contributed by atoms with van der Waals surface area (Å²) in [4.78, 5) is 3.83. The van der Waals surface area contributed by atoms with Gasteiger partial charge >= 0.3 is 0 Å². The van der Waals surface area contributed by atoms with Crippen LogP contribution in [0.1, 0.15) is 17.4 Å². The first-order valence-corrected chi connectivity index (χ1v) is 7.76. The van der Waals surface area contributed by atoms with Gasteiger partial charge in [0.2, 0.25) is 0 Å². The van der Waals surface area contributed by atoms with Gasteiger partial charge in [-0.25, -0.2) is 0 Å². The lowest BCUT2D eigenvalue weighted by molar-refractivity contribution is 0.838. The van der Waals surface area contributed by atoms with Gasteiger partial charge in [0.1, 0.15) is 0 Å². The van der Waals surface area contributed by atoms with Gasteiger partial charge in [0.25, 0.3) is 0 Å². The number of halogens is 1. The van der Waals surface area contributed by atoms with Gasteiger partial charge in [0.05, 0.1) is 6.54 Å². The van der Waals surface area contributed by atoms with Crippen LogP contribution in [0, 0.1) is 0 Å². The summed E-state index contributed by atoms with van der Waals surface area (Å²) >= 11 is 5.38. The van der Waals surface area contributed by atoms with Crippen LogP contribution >= 0.6 is 27.3 Å². The fourth-order valence-electron chi connectivity index (χ4n) is 1.89. The molecule has 17 heavy (non-hydrogen) atoms. The molecule has 0 amide bonds. The Balaban J connectivity index is 2.22. The van der Waals surface area contributed by atoms with E-state index in [1.165, 1.54) is 16.1 Å². The molecule has 2 rings (SSSR count). The second-order valence-electron chi connectivity index (χ2n) is 3.86. The van der Waals surface area contributed by atoms with Crippen LogP contribution in [0.25, 0.3) is 0 Å². The molecule has 0 spiro atoms. The minimum absolute atomic E-state index is 0.907. The van der Waals surface area contributed by atoms with Crippen molar-refractivity contribution in [2.24, 2.45) is 0 Å². The summed E-state index contributed by atoms with van der Waals surface area (Å²) < 4.78 is 0. The molecule has 1 nitrogen and oxygen atoms in total. The van der Waals surface area contributed by atoms with Crippen LogP contribution in [0.3, 0.4) is 0 Å². The highest BCUT2D eigenvalue weighted by atomic mass is 79.9. The van der Waals surface area contributed by atoms with E-state index in [0.29, 0.717) is 0 Å². The summed E-state index contributed by atoms with van der Waals surface area (Å²) in [6, 6.07) is 12.9. The molecule has 0 unspecified atom stereocenters. The molecule has 0 saturated carbocycles. The summed E-state index contributed by atoms with van der Waals surface area (Å²) in [6.45, 7) is 4.23. The van der Waals surface area contributed by atoms with Crippen molar-refractivity contribution in [3.05, 3.63) is 52.2 Å². The maximum atomic E-state index is 3.56. The Bertz CT molecular complexity index is 453. The van der Waals surface area contributed by atoms with E-state index in [0.717, 1.165) is 18.4 Å². The third-order valence-corrected chi connectivity index (χ3v) is 4.25. The average Bonchev–Trinajstić information content (AvgIpc) is 2.89. The molecule has 1 aromatic heterocycles. The largest absolute Gasteiger partial charge is 0.366 e. The number of para-hydroxylation sites is 1. The molecule has 1 heterocycles. The molecular formula is C14H16BrNS. The predicted molar refractivity (Wildman–Crippen MR) is 80.1 cm³/mol. The van der Waals surface area contributed by atoms with Crippen LogP contribution in [0.4, 0.5) is 5.69 Å². The summed E-state index contributed by atoms with van der Waals surface area (Å²) in [5.74, 6) is 0. The summed E-state index contributed by atoms with van der Waals surface area (Å²) in [5.41, 5.74) is 2.69. The highest BCUT2D eigenvalue weighted by molar-refractivity contribution is 9.08. The van der Waals surface area contributed by atoms with Crippen molar-refractivity contribution in [1.82, 2.24) is 0 Å². The maximum absolute atomic E-state index is 3.56. The van der Waals surface area contributed by atoms with Crippen LogP contribution in [-0.2, 0) is 11.9 Å². The van der Waals surface area contributed by atoms with Gasteiger partial charge in [0, 0.05) is 22.4 Å². The number of anilines is 1. The van der Waals surface area contributed by atoms with E-state index in [4.69, 9.17) is 0 Å². The van der Waals surface area contributed by atoms with Crippen LogP contribution in [0.5, 0.6) is 0 Å². The smallest absolute Gasteiger partial charge is 0.0522 e. The van der Waals surface area contributed by atoms with Gasteiger partial charge in [-0.05, 0) is 30.0 Å². The number of nitrogens with zero attached hydrogens (tertiary/aromatic N) is 1. The van der Waals surface area contributed by atoms with Crippen molar-refractivity contribution in [1.29, 1.82) is 0 Å². The molecule has 0 saturated heterocycles. The molecule has 0 radical (unpaired) electrons. The van der Waals surface area contributed by atoms with E-state index >= 15 is 0 Å². The number of hydrogen-bond donors (Lipinski definition) is 0.